The van der Waals surface area contributed by atoms with Crippen molar-refractivity contribution in [2.75, 3.05) is 6.67 Å². The monoisotopic (exact) mass is 220 g/mol. The van der Waals surface area contributed by atoms with Crippen molar-refractivity contribution in [3.63, 3.8) is 0 Å². The minimum absolute atomic E-state index is 0.441. The number of dihydropyridines is 1. The average molecular weight is 221 g/mol. The standard InChI is InChI=1S/C10H9ClN4/c11-7-2-3-8-10(4-1-5-13-8)9(7)14-6-15(10)12/h1-5H,6,12H2. The molecule has 1 atom stereocenters. The third kappa shape index (κ3) is 0.985. The second-order valence-corrected chi connectivity index (χ2v) is 4.00. The van der Waals surface area contributed by atoms with E-state index in [2.05, 4.69) is 9.98 Å². The summed E-state index contributed by atoms with van der Waals surface area (Å²) >= 11 is 6.12. The van der Waals surface area contributed by atoms with Crippen LogP contribution >= 0.6 is 11.6 Å². The Hall–Kier alpha value is -1.23. The Bertz CT molecular complexity index is 472. The van der Waals surface area contributed by atoms with Crippen molar-refractivity contribution in [2.24, 2.45) is 15.8 Å². The molecular formula is C10H9ClN4. The van der Waals surface area contributed by atoms with Crippen molar-refractivity contribution < 1.29 is 0 Å². The highest BCUT2D eigenvalue weighted by molar-refractivity contribution is 6.46. The van der Waals surface area contributed by atoms with Crippen LogP contribution in [0.3, 0.4) is 0 Å². The molecule has 0 fully saturated rings. The fourth-order valence-electron chi connectivity index (χ4n) is 2.11. The largest absolute Gasteiger partial charge is 0.268 e. The third-order valence-electron chi connectivity index (χ3n) is 2.84. The number of halogens is 1. The molecule has 0 bridgehead atoms. The van der Waals surface area contributed by atoms with Gasteiger partial charge < -0.3 is 0 Å². The zero-order valence-electron chi connectivity index (χ0n) is 7.89. The lowest BCUT2D eigenvalue weighted by Gasteiger charge is -2.36. The van der Waals surface area contributed by atoms with Gasteiger partial charge in [0.05, 0.1) is 16.4 Å². The number of hydrogen-bond donors (Lipinski definition) is 1. The smallest absolute Gasteiger partial charge is 0.140 e. The lowest BCUT2D eigenvalue weighted by Crippen LogP contribution is -2.55. The zero-order chi connectivity index (χ0) is 10.5. The Morgan fingerprint density at radius 1 is 1.47 bits per heavy atom. The number of aliphatic imine (C=N–C) groups is 2. The summed E-state index contributed by atoms with van der Waals surface area (Å²) in [5.41, 5.74) is 1.12. The number of nitrogens with two attached hydrogens (primary N) is 1. The molecule has 0 amide bonds. The molecule has 3 rings (SSSR count). The summed E-state index contributed by atoms with van der Waals surface area (Å²) in [6.45, 7) is 0.441. The molecular weight excluding hydrogens is 212 g/mol. The van der Waals surface area contributed by atoms with Gasteiger partial charge >= 0.3 is 0 Å². The van der Waals surface area contributed by atoms with Crippen molar-refractivity contribution in [1.82, 2.24) is 5.01 Å². The van der Waals surface area contributed by atoms with E-state index in [0.717, 1.165) is 11.4 Å². The molecule has 2 aliphatic heterocycles. The SMILES string of the molecule is NN1CN=C2C(Cl)=CC=C3N=CC=CC321. The van der Waals surface area contributed by atoms with Crippen LogP contribution in [-0.4, -0.2) is 29.1 Å². The van der Waals surface area contributed by atoms with Gasteiger partial charge in [-0.05, 0) is 24.3 Å². The van der Waals surface area contributed by atoms with Crippen LogP contribution in [0.4, 0.5) is 0 Å². The molecule has 5 heteroatoms. The quantitative estimate of drug-likeness (QED) is 0.619. The lowest BCUT2D eigenvalue weighted by atomic mass is 9.84. The first-order chi connectivity index (χ1) is 7.25. The molecule has 1 spiro atoms. The van der Waals surface area contributed by atoms with Gasteiger partial charge in [0.15, 0.2) is 0 Å². The lowest BCUT2D eigenvalue weighted by molar-refractivity contribution is 0.247. The van der Waals surface area contributed by atoms with Gasteiger partial charge in [-0.25, -0.2) is 5.01 Å². The topological polar surface area (TPSA) is 54.0 Å². The maximum atomic E-state index is 6.12. The maximum Gasteiger partial charge on any atom is 0.140 e. The summed E-state index contributed by atoms with van der Waals surface area (Å²) in [6.07, 6.45) is 9.28. The third-order valence-corrected chi connectivity index (χ3v) is 3.14. The van der Waals surface area contributed by atoms with Crippen molar-refractivity contribution >= 4 is 23.5 Å². The number of allylic oxidation sites excluding steroid dienone is 3. The Kier molecular flexibility index (Phi) is 1.74. The van der Waals surface area contributed by atoms with E-state index in [0.29, 0.717) is 11.7 Å². The Balaban J connectivity index is 2.26. The number of hydrazine groups is 1. The first kappa shape index (κ1) is 9.03. The van der Waals surface area contributed by atoms with Crippen molar-refractivity contribution in [1.29, 1.82) is 0 Å². The normalized spacial score (nSPS) is 33.1. The van der Waals surface area contributed by atoms with Gasteiger partial charge in [0.2, 0.25) is 0 Å². The highest BCUT2D eigenvalue weighted by Gasteiger charge is 2.48. The van der Waals surface area contributed by atoms with Crippen LogP contribution in [0.2, 0.25) is 0 Å². The van der Waals surface area contributed by atoms with Crippen LogP contribution in [-0.2, 0) is 0 Å². The molecule has 1 unspecified atom stereocenters. The van der Waals surface area contributed by atoms with E-state index < -0.39 is 5.54 Å². The van der Waals surface area contributed by atoms with Gasteiger partial charge in [0.25, 0.3) is 0 Å². The molecule has 3 aliphatic rings. The first-order valence-corrected chi connectivity index (χ1v) is 5.00. The molecule has 0 aromatic heterocycles. The van der Waals surface area contributed by atoms with E-state index in [4.69, 9.17) is 17.4 Å². The van der Waals surface area contributed by atoms with Crippen LogP contribution in [0.5, 0.6) is 0 Å². The summed E-state index contributed by atoms with van der Waals surface area (Å²) in [7, 11) is 0. The fourth-order valence-corrected chi connectivity index (χ4v) is 2.37. The zero-order valence-corrected chi connectivity index (χ0v) is 8.65. The summed E-state index contributed by atoms with van der Waals surface area (Å²) in [5, 5.41) is 2.28. The van der Waals surface area contributed by atoms with Crippen LogP contribution in [0, 0.1) is 0 Å². The van der Waals surface area contributed by atoms with E-state index in [1.165, 1.54) is 0 Å². The van der Waals surface area contributed by atoms with Gasteiger partial charge in [0, 0.05) is 6.21 Å². The van der Waals surface area contributed by atoms with Crippen LogP contribution in [0.1, 0.15) is 0 Å². The molecule has 2 heterocycles. The number of nitrogens with zero attached hydrogens (tertiary/aromatic N) is 3. The summed E-state index contributed by atoms with van der Waals surface area (Å²) in [4.78, 5) is 8.66. The van der Waals surface area contributed by atoms with Gasteiger partial charge in [-0.1, -0.05) is 11.6 Å². The summed E-state index contributed by atoms with van der Waals surface area (Å²) in [6, 6.07) is 0. The molecule has 1 aliphatic carbocycles. The van der Waals surface area contributed by atoms with Crippen molar-refractivity contribution in [3.05, 3.63) is 35.0 Å². The number of rotatable bonds is 0. The minimum Gasteiger partial charge on any atom is -0.268 e. The molecule has 0 saturated carbocycles. The van der Waals surface area contributed by atoms with Gasteiger partial charge in [0.1, 0.15) is 12.2 Å². The van der Waals surface area contributed by atoms with Crippen LogP contribution < -0.4 is 5.84 Å². The Labute approximate surface area is 92.1 Å². The average Bonchev–Trinajstić information content (AvgIpc) is 2.58. The van der Waals surface area contributed by atoms with Gasteiger partial charge in [-0.3, -0.25) is 15.8 Å². The molecule has 0 aromatic rings. The molecule has 0 radical (unpaired) electrons. The second kappa shape index (κ2) is 2.88. The number of hydrogen-bond acceptors (Lipinski definition) is 4. The molecule has 4 nitrogen and oxygen atoms in total. The van der Waals surface area contributed by atoms with E-state index in [1.807, 2.05) is 24.3 Å². The Morgan fingerprint density at radius 2 is 2.33 bits per heavy atom. The van der Waals surface area contributed by atoms with E-state index in [9.17, 15) is 0 Å². The van der Waals surface area contributed by atoms with E-state index in [1.54, 1.807) is 11.2 Å². The van der Waals surface area contributed by atoms with Crippen molar-refractivity contribution in [3.8, 4) is 0 Å². The van der Waals surface area contributed by atoms with E-state index in [-0.39, 0.29) is 0 Å². The molecule has 15 heavy (non-hydrogen) atoms. The Morgan fingerprint density at radius 3 is 3.20 bits per heavy atom. The maximum absolute atomic E-state index is 6.12. The predicted molar refractivity (Wildman–Crippen MR) is 60.7 cm³/mol. The minimum atomic E-state index is -0.541. The van der Waals surface area contributed by atoms with Crippen LogP contribution in [0.25, 0.3) is 0 Å². The van der Waals surface area contributed by atoms with Gasteiger partial charge in [-0.15, -0.1) is 0 Å². The fraction of sp³-hybridized carbons (Fsp3) is 0.200. The molecule has 0 aromatic carbocycles. The van der Waals surface area contributed by atoms with Crippen molar-refractivity contribution in [2.45, 2.75) is 5.54 Å². The second-order valence-electron chi connectivity index (χ2n) is 3.59. The molecule has 0 saturated heterocycles. The predicted octanol–water partition coefficient (Wildman–Crippen LogP) is 0.974. The van der Waals surface area contributed by atoms with Crippen LogP contribution in [0.15, 0.2) is 45.0 Å². The highest BCUT2D eigenvalue weighted by Crippen LogP contribution is 2.39. The molecule has 76 valence electrons. The summed E-state index contributed by atoms with van der Waals surface area (Å²) < 4.78 is 0. The molecule has 2 N–H and O–H groups in total. The summed E-state index contributed by atoms with van der Waals surface area (Å²) in [5.74, 6) is 5.96. The van der Waals surface area contributed by atoms with Gasteiger partial charge in [-0.2, -0.15) is 0 Å². The highest BCUT2D eigenvalue weighted by atomic mass is 35.5. The first-order valence-electron chi connectivity index (χ1n) is 4.62. The van der Waals surface area contributed by atoms with E-state index >= 15 is 0 Å².